The van der Waals surface area contributed by atoms with Gasteiger partial charge in [-0.2, -0.15) is 0 Å². The summed E-state index contributed by atoms with van der Waals surface area (Å²) in [6.45, 7) is 3.48. The van der Waals surface area contributed by atoms with Crippen LogP contribution in [0.15, 0.2) is 24.3 Å². The van der Waals surface area contributed by atoms with Gasteiger partial charge in [-0.1, -0.05) is 13.3 Å². The lowest BCUT2D eigenvalue weighted by molar-refractivity contribution is 0.0649. The summed E-state index contributed by atoms with van der Waals surface area (Å²) >= 11 is 0. The number of carbonyl (C=O) groups is 1. The molecule has 0 aliphatic carbocycles. The third-order valence-corrected chi connectivity index (χ3v) is 3.70. The number of amides is 1. The molecule has 18 heavy (non-hydrogen) atoms. The first kappa shape index (κ1) is 13.0. The van der Waals surface area contributed by atoms with E-state index < -0.39 is 0 Å². The molecule has 0 bridgehead atoms. The molecule has 1 saturated heterocycles. The highest BCUT2D eigenvalue weighted by Crippen LogP contribution is 2.20. The second-order valence-corrected chi connectivity index (χ2v) is 4.88. The minimum Gasteiger partial charge on any atom is -0.338 e. The van der Waals surface area contributed by atoms with Gasteiger partial charge in [0.15, 0.2) is 0 Å². The molecule has 0 aromatic heterocycles. The number of halogens is 1. The highest BCUT2D eigenvalue weighted by molar-refractivity contribution is 5.94. The number of benzene rings is 1. The first-order valence-electron chi connectivity index (χ1n) is 6.42. The molecule has 0 saturated carbocycles. The van der Waals surface area contributed by atoms with Crippen LogP contribution in [-0.2, 0) is 0 Å². The Balaban J connectivity index is 2.07. The van der Waals surface area contributed by atoms with Gasteiger partial charge in [-0.25, -0.2) is 4.39 Å². The Hall–Kier alpha value is -1.42. The van der Waals surface area contributed by atoms with Crippen LogP contribution in [0.4, 0.5) is 4.39 Å². The van der Waals surface area contributed by atoms with Crippen molar-refractivity contribution in [2.24, 2.45) is 11.7 Å². The summed E-state index contributed by atoms with van der Waals surface area (Å²) in [7, 11) is 0. The Morgan fingerprint density at radius 3 is 2.72 bits per heavy atom. The maximum Gasteiger partial charge on any atom is 0.253 e. The molecule has 0 radical (unpaired) electrons. The van der Waals surface area contributed by atoms with Gasteiger partial charge in [0.05, 0.1) is 0 Å². The molecular weight excluding hydrogens is 231 g/mol. The molecule has 3 nitrogen and oxygen atoms in total. The molecule has 98 valence electrons. The fraction of sp³-hybridized carbons (Fsp3) is 0.500. The van der Waals surface area contributed by atoms with Crippen molar-refractivity contribution in [3.8, 4) is 0 Å². The summed E-state index contributed by atoms with van der Waals surface area (Å²) in [6.07, 6.45) is 1.82. The van der Waals surface area contributed by atoms with Gasteiger partial charge in [0.2, 0.25) is 0 Å². The average Bonchev–Trinajstić information content (AvgIpc) is 2.39. The van der Waals surface area contributed by atoms with Crippen molar-refractivity contribution in [3.63, 3.8) is 0 Å². The third kappa shape index (κ3) is 2.70. The number of hydrogen-bond acceptors (Lipinski definition) is 2. The van der Waals surface area contributed by atoms with E-state index in [9.17, 15) is 9.18 Å². The monoisotopic (exact) mass is 250 g/mol. The molecular formula is C14H19FN2O. The summed E-state index contributed by atoms with van der Waals surface area (Å²) in [5.41, 5.74) is 6.57. The summed E-state index contributed by atoms with van der Waals surface area (Å²) in [6, 6.07) is 5.90. The highest BCUT2D eigenvalue weighted by Gasteiger charge is 2.28. The summed E-state index contributed by atoms with van der Waals surface area (Å²) < 4.78 is 12.8. The van der Waals surface area contributed by atoms with Gasteiger partial charge >= 0.3 is 0 Å². The first-order chi connectivity index (χ1) is 8.61. The molecule has 2 rings (SSSR count). The zero-order valence-electron chi connectivity index (χ0n) is 10.6. The van der Waals surface area contributed by atoms with Crippen LogP contribution in [0.1, 0.15) is 30.1 Å². The lowest BCUT2D eigenvalue weighted by Gasteiger charge is -2.36. The summed E-state index contributed by atoms with van der Waals surface area (Å²) in [4.78, 5) is 14.1. The van der Waals surface area contributed by atoms with Crippen molar-refractivity contribution in [1.29, 1.82) is 0 Å². The second kappa shape index (κ2) is 5.48. The van der Waals surface area contributed by atoms with E-state index in [1.54, 1.807) is 0 Å². The predicted molar refractivity (Wildman–Crippen MR) is 68.7 cm³/mol. The maximum atomic E-state index is 12.8. The molecule has 1 aliphatic heterocycles. The van der Waals surface area contributed by atoms with Crippen LogP contribution in [0.2, 0.25) is 0 Å². The van der Waals surface area contributed by atoms with Gasteiger partial charge in [0.25, 0.3) is 5.91 Å². The van der Waals surface area contributed by atoms with E-state index in [0.29, 0.717) is 24.6 Å². The third-order valence-electron chi connectivity index (χ3n) is 3.70. The molecule has 2 unspecified atom stereocenters. The van der Waals surface area contributed by atoms with Gasteiger partial charge in [0, 0.05) is 24.7 Å². The Labute approximate surface area is 107 Å². The summed E-state index contributed by atoms with van der Waals surface area (Å²) in [5, 5.41) is 0. The minimum absolute atomic E-state index is 0.0275. The van der Waals surface area contributed by atoms with Gasteiger partial charge in [-0.05, 0) is 36.6 Å². The van der Waals surface area contributed by atoms with Crippen LogP contribution in [0.5, 0.6) is 0 Å². The summed E-state index contributed by atoms with van der Waals surface area (Å²) in [5.74, 6) is 0.0159. The molecule has 2 atom stereocenters. The molecule has 1 aromatic carbocycles. The number of nitrogens with zero attached hydrogens (tertiary/aromatic N) is 1. The van der Waals surface area contributed by atoms with Crippen LogP contribution in [-0.4, -0.2) is 29.9 Å². The number of carbonyl (C=O) groups excluding carboxylic acids is 1. The first-order valence-corrected chi connectivity index (χ1v) is 6.42. The smallest absolute Gasteiger partial charge is 0.253 e. The van der Waals surface area contributed by atoms with Crippen LogP contribution in [0.25, 0.3) is 0 Å². The topological polar surface area (TPSA) is 46.3 Å². The van der Waals surface area contributed by atoms with Crippen LogP contribution in [0.3, 0.4) is 0 Å². The van der Waals surface area contributed by atoms with E-state index in [0.717, 1.165) is 12.8 Å². The van der Waals surface area contributed by atoms with Gasteiger partial charge in [-0.15, -0.1) is 0 Å². The zero-order chi connectivity index (χ0) is 13.1. The largest absolute Gasteiger partial charge is 0.338 e. The van der Waals surface area contributed by atoms with Crippen molar-refractivity contribution in [2.75, 3.05) is 13.1 Å². The molecule has 1 fully saturated rings. The Morgan fingerprint density at radius 2 is 2.11 bits per heavy atom. The van der Waals surface area contributed by atoms with E-state index in [2.05, 4.69) is 6.92 Å². The zero-order valence-corrected chi connectivity index (χ0v) is 10.6. The normalized spacial score (nSPS) is 24.1. The van der Waals surface area contributed by atoms with Crippen LogP contribution < -0.4 is 5.73 Å². The van der Waals surface area contributed by atoms with Crippen molar-refractivity contribution in [1.82, 2.24) is 4.90 Å². The Morgan fingerprint density at radius 1 is 1.44 bits per heavy atom. The van der Waals surface area contributed by atoms with E-state index in [1.807, 2.05) is 4.90 Å². The van der Waals surface area contributed by atoms with Gasteiger partial charge in [0.1, 0.15) is 5.82 Å². The minimum atomic E-state index is -0.321. The van der Waals surface area contributed by atoms with Gasteiger partial charge < -0.3 is 10.6 Å². The molecule has 1 amide bonds. The maximum absolute atomic E-state index is 12.8. The average molecular weight is 250 g/mol. The molecule has 4 heteroatoms. The van der Waals surface area contributed by atoms with Gasteiger partial charge in [-0.3, -0.25) is 4.79 Å². The van der Waals surface area contributed by atoms with Crippen molar-refractivity contribution in [3.05, 3.63) is 35.6 Å². The Kier molecular flexibility index (Phi) is 3.97. The molecule has 1 aromatic rings. The number of piperidine rings is 1. The number of hydrogen-bond donors (Lipinski definition) is 1. The highest BCUT2D eigenvalue weighted by atomic mass is 19.1. The van der Waals surface area contributed by atoms with Crippen molar-refractivity contribution >= 4 is 5.91 Å². The van der Waals surface area contributed by atoms with E-state index in [-0.39, 0.29) is 17.8 Å². The lowest BCUT2D eigenvalue weighted by atomic mass is 9.90. The molecule has 1 aliphatic rings. The molecule has 1 heterocycles. The van der Waals surface area contributed by atoms with E-state index >= 15 is 0 Å². The fourth-order valence-electron chi connectivity index (χ4n) is 2.44. The fourth-order valence-corrected chi connectivity index (χ4v) is 2.44. The lowest BCUT2D eigenvalue weighted by Crippen LogP contribution is -2.49. The quantitative estimate of drug-likeness (QED) is 0.873. The predicted octanol–water partition coefficient (Wildman–Crippen LogP) is 2.03. The molecule has 0 spiro atoms. The van der Waals surface area contributed by atoms with E-state index in [1.165, 1.54) is 24.3 Å². The molecule has 2 N–H and O–H groups in total. The number of likely N-dealkylation sites (tertiary alicyclic amines) is 1. The van der Waals surface area contributed by atoms with Crippen molar-refractivity contribution < 1.29 is 9.18 Å². The van der Waals surface area contributed by atoms with Crippen LogP contribution in [0, 0.1) is 11.7 Å². The van der Waals surface area contributed by atoms with Crippen molar-refractivity contribution in [2.45, 2.75) is 25.8 Å². The van der Waals surface area contributed by atoms with Crippen LogP contribution >= 0.6 is 0 Å². The Bertz CT molecular complexity index is 418. The second-order valence-electron chi connectivity index (χ2n) is 4.88. The number of rotatable bonds is 2. The standard InChI is InChI=1S/C14H19FN2O/c1-2-10-9-17(8-7-13(10)16)14(18)11-3-5-12(15)6-4-11/h3-6,10,13H,2,7-9,16H2,1H3. The van der Waals surface area contributed by atoms with E-state index in [4.69, 9.17) is 5.73 Å². The number of nitrogens with two attached hydrogens (primary N) is 1. The SMILES string of the molecule is CCC1CN(C(=O)c2ccc(F)cc2)CCC1N.